The highest BCUT2D eigenvalue weighted by Crippen LogP contribution is 2.07. The molecule has 60 valence electrons. The van der Waals surface area contributed by atoms with Crippen LogP contribution in [-0.2, 0) is 15.3 Å². The van der Waals surface area contributed by atoms with E-state index in [-0.39, 0.29) is 5.94 Å². The van der Waals surface area contributed by atoms with Crippen LogP contribution in [0.2, 0.25) is 0 Å². The third-order valence-corrected chi connectivity index (χ3v) is 1.43. The number of thiol groups is 1. The fourth-order valence-electron chi connectivity index (χ4n) is 0.646. The van der Waals surface area contributed by atoms with Gasteiger partial charge in [-0.3, -0.25) is 0 Å². The van der Waals surface area contributed by atoms with E-state index in [2.05, 4.69) is 0 Å². The van der Waals surface area contributed by atoms with E-state index in [0.717, 1.165) is 0 Å². The molecule has 1 aromatic rings. The Bertz CT molecular complexity index is 235. The van der Waals surface area contributed by atoms with E-state index < -0.39 is 11.1 Å². The molecule has 1 unspecified atom stereocenters. The van der Waals surface area contributed by atoms with Crippen molar-refractivity contribution in [2.45, 2.75) is 0 Å². The van der Waals surface area contributed by atoms with E-state index in [4.69, 9.17) is 9.29 Å². The summed E-state index contributed by atoms with van der Waals surface area (Å²) in [5, 5.41) is 0. The molecule has 0 aliphatic carbocycles. The molecule has 0 amide bonds. The van der Waals surface area contributed by atoms with Gasteiger partial charge in [-0.05, 0) is 12.1 Å². The van der Waals surface area contributed by atoms with Gasteiger partial charge in [-0.1, -0.05) is 22.4 Å². The first-order valence-electron chi connectivity index (χ1n) is 3.10. The quantitative estimate of drug-likeness (QED) is 0.551. The maximum atomic E-state index is 10.2. The lowest BCUT2D eigenvalue weighted by Crippen LogP contribution is -2.02. The number of benzene rings is 1. The minimum absolute atomic E-state index is 0.140. The highest BCUT2D eigenvalue weighted by Gasteiger charge is 1.98. The van der Waals surface area contributed by atoms with Gasteiger partial charge in [0.2, 0.25) is 11.1 Å². The summed E-state index contributed by atoms with van der Waals surface area (Å²) in [7, 11) is 0. The smallest absolute Gasteiger partial charge is 0.278 e. The number of rotatable bonds is 3. The second-order valence-corrected chi connectivity index (χ2v) is 2.90. The van der Waals surface area contributed by atoms with Crippen LogP contribution in [0.1, 0.15) is 0 Å². The van der Waals surface area contributed by atoms with Gasteiger partial charge in [0.05, 0.1) is 0 Å². The Kier molecular flexibility index (Phi) is 3.07. The summed E-state index contributed by atoms with van der Waals surface area (Å²) in [4.78, 5) is 0. The van der Waals surface area contributed by atoms with Crippen LogP contribution in [-0.4, -0.2) is 10.5 Å². The Morgan fingerprint density at radius 1 is 1.36 bits per heavy atom. The SMILES string of the molecule is O=[SH+](O)COc1ccccc1. The van der Waals surface area contributed by atoms with Gasteiger partial charge in [0.1, 0.15) is 5.75 Å². The minimum atomic E-state index is -2.20. The van der Waals surface area contributed by atoms with Gasteiger partial charge in [0.25, 0.3) is 5.94 Å². The average Bonchev–Trinajstić information content (AvgIpc) is 2.03. The zero-order valence-corrected chi connectivity index (χ0v) is 6.70. The monoisotopic (exact) mass is 173 g/mol. The van der Waals surface area contributed by atoms with Crippen molar-refractivity contribution in [1.82, 2.24) is 0 Å². The number of para-hydroxylation sites is 1. The first kappa shape index (κ1) is 8.23. The Balaban J connectivity index is 2.45. The van der Waals surface area contributed by atoms with Crippen molar-refractivity contribution >= 4 is 11.1 Å². The average molecular weight is 173 g/mol. The highest BCUT2D eigenvalue weighted by molar-refractivity contribution is 7.78. The second kappa shape index (κ2) is 4.10. The Hall–Kier alpha value is -0.870. The third-order valence-electron chi connectivity index (χ3n) is 1.08. The van der Waals surface area contributed by atoms with Crippen LogP contribution >= 0.6 is 0 Å². The standard InChI is InChI=1S/C7H8O3S/c8-11(9)6-10-7-4-2-1-3-5-7/h1-5H,6H2,(H,8,9)/p+1. The van der Waals surface area contributed by atoms with E-state index >= 15 is 0 Å². The minimum Gasteiger partial charge on any atom is -0.446 e. The molecule has 0 aliphatic rings. The van der Waals surface area contributed by atoms with Gasteiger partial charge >= 0.3 is 0 Å². The zero-order chi connectivity index (χ0) is 8.10. The van der Waals surface area contributed by atoms with Crippen molar-refractivity contribution in [3.63, 3.8) is 0 Å². The Morgan fingerprint density at radius 2 is 2.00 bits per heavy atom. The molecule has 1 atom stereocenters. The van der Waals surface area contributed by atoms with Gasteiger partial charge in [-0.25, -0.2) is 0 Å². The molecule has 1 rings (SSSR count). The molecule has 0 bridgehead atoms. The molecule has 0 heterocycles. The maximum Gasteiger partial charge on any atom is 0.278 e. The molecule has 0 aliphatic heterocycles. The van der Waals surface area contributed by atoms with E-state index in [1.54, 1.807) is 24.3 Å². The van der Waals surface area contributed by atoms with E-state index in [1.807, 2.05) is 6.07 Å². The number of hydrogen-bond acceptors (Lipinski definition) is 2. The zero-order valence-electron chi connectivity index (χ0n) is 5.80. The van der Waals surface area contributed by atoms with Gasteiger partial charge in [-0.15, -0.1) is 0 Å². The van der Waals surface area contributed by atoms with Crippen LogP contribution in [0.4, 0.5) is 0 Å². The molecular formula is C7H9O3S+. The van der Waals surface area contributed by atoms with Gasteiger partial charge in [0, 0.05) is 0 Å². The fraction of sp³-hybridized carbons (Fsp3) is 0.143. The second-order valence-electron chi connectivity index (χ2n) is 1.94. The summed E-state index contributed by atoms with van der Waals surface area (Å²) in [6.07, 6.45) is 0. The van der Waals surface area contributed by atoms with Gasteiger partial charge in [-0.2, -0.15) is 4.55 Å². The molecule has 1 aromatic carbocycles. The third kappa shape index (κ3) is 3.15. The maximum absolute atomic E-state index is 10.2. The molecule has 0 saturated carbocycles. The highest BCUT2D eigenvalue weighted by atomic mass is 32.2. The van der Waals surface area contributed by atoms with Crippen molar-refractivity contribution in [3.8, 4) is 5.75 Å². The van der Waals surface area contributed by atoms with Crippen LogP contribution in [0, 0.1) is 0 Å². The predicted molar refractivity (Wildman–Crippen MR) is 44.0 cm³/mol. The van der Waals surface area contributed by atoms with Crippen LogP contribution in [0.15, 0.2) is 30.3 Å². The van der Waals surface area contributed by atoms with E-state index in [1.165, 1.54) is 0 Å². The van der Waals surface area contributed by atoms with E-state index in [0.29, 0.717) is 5.75 Å². The van der Waals surface area contributed by atoms with E-state index in [9.17, 15) is 4.21 Å². The topological polar surface area (TPSA) is 46.5 Å². The van der Waals surface area contributed by atoms with Crippen molar-refractivity contribution in [2.75, 3.05) is 5.94 Å². The van der Waals surface area contributed by atoms with Crippen molar-refractivity contribution in [3.05, 3.63) is 30.3 Å². The molecular weight excluding hydrogens is 164 g/mol. The molecule has 1 N–H and O–H groups in total. The predicted octanol–water partition coefficient (Wildman–Crippen LogP) is 1.19. The molecule has 0 saturated heterocycles. The van der Waals surface area contributed by atoms with Gasteiger partial charge in [0.15, 0.2) is 0 Å². The molecule has 0 radical (unpaired) electrons. The van der Waals surface area contributed by atoms with Crippen LogP contribution in [0.3, 0.4) is 0 Å². The summed E-state index contributed by atoms with van der Waals surface area (Å²) in [5.41, 5.74) is 0. The lowest BCUT2D eigenvalue weighted by molar-refractivity contribution is 0.367. The van der Waals surface area contributed by atoms with Crippen LogP contribution in [0.5, 0.6) is 5.75 Å². The molecule has 0 spiro atoms. The molecule has 0 fully saturated rings. The fourth-order valence-corrected chi connectivity index (χ4v) is 0.906. The van der Waals surface area contributed by atoms with Gasteiger partial charge < -0.3 is 4.74 Å². The lowest BCUT2D eigenvalue weighted by Gasteiger charge is -1.97. The van der Waals surface area contributed by atoms with Crippen LogP contribution < -0.4 is 4.74 Å². The summed E-state index contributed by atoms with van der Waals surface area (Å²) >= 11 is -2.20. The van der Waals surface area contributed by atoms with Crippen molar-refractivity contribution in [1.29, 1.82) is 0 Å². The summed E-state index contributed by atoms with van der Waals surface area (Å²) < 4.78 is 23.5. The number of ether oxygens (including phenoxy) is 1. The first-order valence-corrected chi connectivity index (χ1v) is 4.50. The summed E-state index contributed by atoms with van der Waals surface area (Å²) in [6, 6.07) is 8.93. The van der Waals surface area contributed by atoms with Crippen molar-refractivity contribution < 1.29 is 13.5 Å². The number of hydrogen-bond donors (Lipinski definition) is 1. The Morgan fingerprint density at radius 3 is 2.55 bits per heavy atom. The Labute approximate surface area is 67.3 Å². The molecule has 11 heavy (non-hydrogen) atoms. The molecule has 3 nitrogen and oxygen atoms in total. The first-order chi connectivity index (χ1) is 5.29. The largest absolute Gasteiger partial charge is 0.446 e. The normalized spacial score (nSPS) is 12.5. The summed E-state index contributed by atoms with van der Waals surface area (Å²) in [5.74, 6) is 0.476. The molecule has 4 heteroatoms. The van der Waals surface area contributed by atoms with Crippen molar-refractivity contribution in [2.24, 2.45) is 0 Å². The molecule has 0 aromatic heterocycles. The van der Waals surface area contributed by atoms with Crippen LogP contribution in [0.25, 0.3) is 0 Å². The summed E-state index contributed by atoms with van der Waals surface area (Å²) in [6.45, 7) is 0. The lowest BCUT2D eigenvalue weighted by atomic mass is 10.3.